The van der Waals surface area contributed by atoms with Crippen LogP contribution in [-0.2, 0) is 6.54 Å². The van der Waals surface area contributed by atoms with Crippen LogP contribution >= 0.6 is 23.2 Å². The summed E-state index contributed by atoms with van der Waals surface area (Å²) in [4.78, 5) is 31.1. The Bertz CT molecular complexity index is 933. The van der Waals surface area contributed by atoms with Gasteiger partial charge in [-0.3, -0.25) is 14.3 Å². The van der Waals surface area contributed by atoms with Crippen molar-refractivity contribution in [1.82, 2.24) is 14.5 Å². The molecule has 0 aliphatic heterocycles. The molecule has 1 N–H and O–H groups in total. The molecule has 106 valence electrons. The molecule has 0 saturated carbocycles. The van der Waals surface area contributed by atoms with E-state index in [2.05, 4.69) is 9.97 Å². The van der Waals surface area contributed by atoms with Crippen LogP contribution in [-0.4, -0.2) is 14.5 Å². The number of halogens is 2. The van der Waals surface area contributed by atoms with Crippen molar-refractivity contribution in [2.75, 3.05) is 0 Å². The molecule has 3 rings (SSSR count). The highest BCUT2D eigenvalue weighted by Gasteiger charge is 2.12. The number of nitrogens with one attached hydrogen (secondary N) is 1. The van der Waals surface area contributed by atoms with E-state index in [9.17, 15) is 9.59 Å². The third kappa shape index (κ3) is 2.57. The van der Waals surface area contributed by atoms with Gasteiger partial charge in [0, 0.05) is 17.4 Å². The van der Waals surface area contributed by atoms with Crippen LogP contribution in [0.4, 0.5) is 0 Å². The molecular formula is C14H9Cl2N3O2. The van der Waals surface area contributed by atoms with Crippen molar-refractivity contribution in [3.05, 3.63) is 73.1 Å². The zero-order valence-corrected chi connectivity index (χ0v) is 12.1. The second-order valence-corrected chi connectivity index (χ2v) is 5.33. The molecule has 3 aromatic rings. The lowest BCUT2D eigenvalue weighted by atomic mass is 10.2. The Morgan fingerprint density at radius 1 is 1.14 bits per heavy atom. The van der Waals surface area contributed by atoms with Gasteiger partial charge in [0.2, 0.25) is 0 Å². The number of nitrogens with zero attached hydrogens (tertiary/aromatic N) is 2. The molecule has 2 heterocycles. The number of H-pyrrole nitrogens is 1. The van der Waals surface area contributed by atoms with Gasteiger partial charge in [0.05, 0.1) is 22.5 Å². The summed E-state index contributed by atoms with van der Waals surface area (Å²) >= 11 is 11.9. The van der Waals surface area contributed by atoms with E-state index in [-0.39, 0.29) is 17.0 Å². The molecule has 0 aliphatic rings. The van der Waals surface area contributed by atoms with Crippen LogP contribution in [0.2, 0.25) is 10.0 Å². The van der Waals surface area contributed by atoms with Crippen molar-refractivity contribution in [2.24, 2.45) is 0 Å². The smallest absolute Gasteiger partial charge is 0.307 e. The average molecular weight is 322 g/mol. The van der Waals surface area contributed by atoms with Crippen LogP contribution in [0.3, 0.4) is 0 Å². The number of hydrogen-bond donors (Lipinski definition) is 1. The van der Waals surface area contributed by atoms with Gasteiger partial charge in [-0.2, -0.15) is 0 Å². The minimum absolute atomic E-state index is 0.144. The highest BCUT2D eigenvalue weighted by atomic mass is 35.5. The molecule has 0 aliphatic carbocycles. The van der Waals surface area contributed by atoms with Gasteiger partial charge < -0.3 is 4.98 Å². The lowest BCUT2D eigenvalue weighted by molar-refractivity contribution is 0.711. The minimum Gasteiger partial charge on any atom is -0.307 e. The number of aromatic amines is 1. The predicted molar refractivity (Wildman–Crippen MR) is 82.2 cm³/mol. The zero-order valence-electron chi connectivity index (χ0n) is 10.6. The van der Waals surface area contributed by atoms with Gasteiger partial charge >= 0.3 is 5.69 Å². The summed E-state index contributed by atoms with van der Waals surface area (Å²) in [6.45, 7) is 0.144. The quantitative estimate of drug-likeness (QED) is 0.788. The first kappa shape index (κ1) is 13.9. The average Bonchev–Trinajstić information content (AvgIpc) is 2.43. The van der Waals surface area contributed by atoms with E-state index in [1.54, 1.807) is 24.5 Å². The summed E-state index contributed by atoms with van der Waals surface area (Å²) in [6, 6.07) is 6.45. The molecule has 7 heteroatoms. The fourth-order valence-corrected chi connectivity index (χ4v) is 2.69. The maximum atomic E-state index is 12.5. The molecular weight excluding hydrogens is 313 g/mol. The summed E-state index contributed by atoms with van der Waals surface area (Å²) in [6.07, 6.45) is 3.20. The van der Waals surface area contributed by atoms with E-state index in [1.807, 2.05) is 0 Å². The molecule has 1 aromatic carbocycles. The zero-order chi connectivity index (χ0) is 15.0. The van der Waals surface area contributed by atoms with Crippen molar-refractivity contribution in [3.63, 3.8) is 0 Å². The molecule has 0 saturated heterocycles. The van der Waals surface area contributed by atoms with E-state index in [4.69, 9.17) is 23.2 Å². The molecule has 0 atom stereocenters. The Hall–Kier alpha value is -2.11. The monoisotopic (exact) mass is 321 g/mol. The van der Waals surface area contributed by atoms with Crippen LogP contribution in [0, 0.1) is 0 Å². The van der Waals surface area contributed by atoms with Crippen molar-refractivity contribution in [1.29, 1.82) is 0 Å². The highest BCUT2D eigenvalue weighted by Crippen LogP contribution is 2.23. The Labute approximate surface area is 128 Å². The SMILES string of the molecule is O=c1[nH]c2cc(Cl)cc(Cl)c2c(=O)n1Cc1ccncc1. The Kier molecular flexibility index (Phi) is 3.53. The fourth-order valence-electron chi connectivity index (χ4n) is 2.11. The molecule has 2 aromatic heterocycles. The Balaban J connectivity index is 2.25. The van der Waals surface area contributed by atoms with Gasteiger partial charge in [-0.1, -0.05) is 23.2 Å². The summed E-state index contributed by atoms with van der Waals surface area (Å²) in [5.41, 5.74) is 0.158. The first-order chi connectivity index (χ1) is 10.1. The van der Waals surface area contributed by atoms with Crippen LogP contribution in [0.5, 0.6) is 0 Å². The lowest BCUT2D eigenvalue weighted by Crippen LogP contribution is -2.35. The third-order valence-corrected chi connectivity index (χ3v) is 3.61. The Morgan fingerprint density at radius 3 is 2.57 bits per heavy atom. The van der Waals surface area contributed by atoms with Crippen molar-refractivity contribution in [3.8, 4) is 0 Å². The first-order valence-corrected chi connectivity index (χ1v) is 6.82. The maximum Gasteiger partial charge on any atom is 0.329 e. The number of aromatic nitrogens is 3. The van der Waals surface area contributed by atoms with Crippen molar-refractivity contribution in [2.45, 2.75) is 6.54 Å². The largest absolute Gasteiger partial charge is 0.329 e. The standard InChI is InChI=1S/C14H9Cl2N3O2/c15-9-5-10(16)12-11(6-9)18-14(21)19(13(12)20)7-8-1-3-17-4-2-8/h1-6H,7H2,(H,18,21). The number of pyridine rings is 1. The van der Waals surface area contributed by atoms with E-state index in [1.165, 1.54) is 12.1 Å². The van der Waals surface area contributed by atoms with E-state index in [0.29, 0.717) is 10.5 Å². The topological polar surface area (TPSA) is 67.8 Å². The molecule has 0 bridgehead atoms. The number of benzene rings is 1. The second-order valence-electron chi connectivity index (χ2n) is 4.49. The normalized spacial score (nSPS) is 11.0. The van der Waals surface area contributed by atoms with E-state index in [0.717, 1.165) is 10.1 Å². The van der Waals surface area contributed by atoms with Crippen LogP contribution < -0.4 is 11.2 Å². The first-order valence-electron chi connectivity index (χ1n) is 6.07. The number of hydrogen-bond acceptors (Lipinski definition) is 3. The second kappa shape index (κ2) is 5.35. The molecule has 0 radical (unpaired) electrons. The third-order valence-electron chi connectivity index (χ3n) is 3.09. The summed E-state index contributed by atoms with van der Waals surface area (Å²) in [5.74, 6) is 0. The molecule has 0 amide bonds. The van der Waals surface area contributed by atoms with Crippen molar-refractivity contribution < 1.29 is 0 Å². The fraction of sp³-hybridized carbons (Fsp3) is 0.0714. The number of fused-ring (bicyclic) bond motifs is 1. The van der Waals surface area contributed by atoms with Gasteiger partial charge in [-0.25, -0.2) is 4.79 Å². The summed E-state index contributed by atoms with van der Waals surface area (Å²) < 4.78 is 1.09. The predicted octanol–water partition coefficient (Wildman–Crippen LogP) is 2.44. The van der Waals surface area contributed by atoms with E-state index < -0.39 is 11.2 Å². The van der Waals surface area contributed by atoms with Gasteiger partial charge in [-0.05, 0) is 29.8 Å². The summed E-state index contributed by atoms with van der Waals surface area (Å²) in [7, 11) is 0. The minimum atomic E-state index is -0.511. The maximum absolute atomic E-state index is 12.5. The van der Waals surface area contributed by atoms with Crippen LogP contribution in [0.15, 0.2) is 46.2 Å². The van der Waals surface area contributed by atoms with Gasteiger partial charge in [0.15, 0.2) is 0 Å². The van der Waals surface area contributed by atoms with Crippen molar-refractivity contribution >= 4 is 34.1 Å². The molecule has 5 nitrogen and oxygen atoms in total. The van der Waals surface area contributed by atoms with Crippen LogP contribution in [0.25, 0.3) is 10.9 Å². The molecule has 0 spiro atoms. The Morgan fingerprint density at radius 2 is 1.86 bits per heavy atom. The lowest BCUT2D eigenvalue weighted by Gasteiger charge is -2.07. The summed E-state index contributed by atoms with van der Waals surface area (Å²) in [5, 5.41) is 0.811. The van der Waals surface area contributed by atoms with Crippen LogP contribution in [0.1, 0.15) is 5.56 Å². The van der Waals surface area contributed by atoms with E-state index >= 15 is 0 Å². The van der Waals surface area contributed by atoms with Gasteiger partial charge in [0.1, 0.15) is 0 Å². The molecule has 21 heavy (non-hydrogen) atoms. The molecule has 0 unspecified atom stereocenters. The highest BCUT2D eigenvalue weighted by molar-refractivity contribution is 6.38. The van der Waals surface area contributed by atoms with Gasteiger partial charge in [-0.15, -0.1) is 0 Å². The number of rotatable bonds is 2. The van der Waals surface area contributed by atoms with Gasteiger partial charge in [0.25, 0.3) is 5.56 Å². The molecule has 0 fully saturated rings.